The van der Waals surface area contributed by atoms with E-state index in [1.807, 2.05) is 18.2 Å². The van der Waals surface area contributed by atoms with E-state index in [2.05, 4.69) is 9.97 Å². The van der Waals surface area contributed by atoms with Gasteiger partial charge in [-0.2, -0.15) is 4.98 Å². The average molecular weight is 257 g/mol. The minimum Gasteiger partial charge on any atom is -0.497 e. The summed E-state index contributed by atoms with van der Waals surface area (Å²) in [5, 5.41) is 0. The lowest BCUT2D eigenvalue weighted by Gasteiger charge is -2.08. The summed E-state index contributed by atoms with van der Waals surface area (Å²) in [5.74, 6) is 3.53. The number of benzene rings is 1. The van der Waals surface area contributed by atoms with Crippen LogP contribution in [0.3, 0.4) is 0 Å². The van der Waals surface area contributed by atoms with Crippen LogP contribution in [0, 0.1) is 0 Å². The summed E-state index contributed by atoms with van der Waals surface area (Å²) in [5.41, 5.74) is 5.78. The summed E-state index contributed by atoms with van der Waals surface area (Å²) in [4.78, 5) is 8.63. The Kier molecular flexibility index (Phi) is 2.95. The lowest BCUT2D eigenvalue weighted by Crippen LogP contribution is -2.00. The van der Waals surface area contributed by atoms with Gasteiger partial charge in [-0.3, -0.25) is 0 Å². The van der Waals surface area contributed by atoms with Crippen LogP contribution >= 0.6 is 0 Å². The molecule has 98 valence electrons. The molecule has 0 aliphatic heterocycles. The van der Waals surface area contributed by atoms with E-state index in [0.29, 0.717) is 23.4 Å². The average Bonchev–Trinajstić information content (AvgIpc) is 3.22. The van der Waals surface area contributed by atoms with E-state index in [-0.39, 0.29) is 0 Å². The Labute approximate surface area is 111 Å². The first-order chi connectivity index (χ1) is 9.24. The van der Waals surface area contributed by atoms with Crippen molar-refractivity contribution in [2.45, 2.75) is 18.8 Å². The van der Waals surface area contributed by atoms with Crippen LogP contribution in [-0.2, 0) is 0 Å². The number of rotatable bonds is 4. The molecule has 1 heterocycles. The Morgan fingerprint density at radius 3 is 2.68 bits per heavy atom. The van der Waals surface area contributed by atoms with Gasteiger partial charge in [0.05, 0.1) is 7.11 Å². The van der Waals surface area contributed by atoms with Crippen molar-refractivity contribution in [2.75, 3.05) is 12.8 Å². The zero-order valence-electron chi connectivity index (χ0n) is 10.7. The Hall–Kier alpha value is -2.30. The number of nitrogen functional groups attached to an aromatic ring is 1. The van der Waals surface area contributed by atoms with Gasteiger partial charge in [-0.15, -0.1) is 0 Å². The summed E-state index contributed by atoms with van der Waals surface area (Å²) < 4.78 is 10.9. The predicted molar refractivity (Wildman–Crippen MR) is 71.5 cm³/mol. The van der Waals surface area contributed by atoms with Crippen LogP contribution in [0.15, 0.2) is 30.3 Å². The number of hydrogen-bond acceptors (Lipinski definition) is 5. The van der Waals surface area contributed by atoms with E-state index in [4.69, 9.17) is 15.2 Å². The van der Waals surface area contributed by atoms with E-state index in [1.165, 1.54) is 0 Å². The first-order valence-electron chi connectivity index (χ1n) is 6.21. The van der Waals surface area contributed by atoms with Crippen LogP contribution in [0.4, 0.5) is 5.82 Å². The third kappa shape index (κ3) is 2.76. The molecule has 0 amide bonds. The first kappa shape index (κ1) is 11.8. The Morgan fingerprint density at radius 2 is 1.95 bits per heavy atom. The van der Waals surface area contributed by atoms with Gasteiger partial charge in [0.15, 0.2) is 0 Å². The number of ether oxygens (including phenoxy) is 2. The zero-order valence-corrected chi connectivity index (χ0v) is 10.7. The van der Waals surface area contributed by atoms with Gasteiger partial charge in [0.25, 0.3) is 0 Å². The van der Waals surface area contributed by atoms with Crippen molar-refractivity contribution >= 4 is 5.82 Å². The minimum atomic E-state index is 0.440. The number of methoxy groups -OCH3 is 1. The van der Waals surface area contributed by atoms with Crippen molar-refractivity contribution in [3.05, 3.63) is 36.2 Å². The molecule has 0 unspecified atom stereocenters. The van der Waals surface area contributed by atoms with Crippen molar-refractivity contribution in [3.63, 3.8) is 0 Å². The quantitative estimate of drug-likeness (QED) is 0.911. The van der Waals surface area contributed by atoms with E-state index < -0.39 is 0 Å². The molecule has 1 saturated carbocycles. The molecule has 2 aromatic rings. The highest BCUT2D eigenvalue weighted by Crippen LogP contribution is 2.39. The van der Waals surface area contributed by atoms with E-state index in [0.717, 1.165) is 24.4 Å². The molecule has 3 rings (SSSR count). The molecule has 1 aromatic heterocycles. The summed E-state index contributed by atoms with van der Waals surface area (Å²) in [6.45, 7) is 0. The highest BCUT2D eigenvalue weighted by atomic mass is 16.5. The van der Waals surface area contributed by atoms with Gasteiger partial charge in [0, 0.05) is 18.1 Å². The summed E-state index contributed by atoms with van der Waals surface area (Å²) in [7, 11) is 1.62. The summed E-state index contributed by atoms with van der Waals surface area (Å²) >= 11 is 0. The molecule has 0 radical (unpaired) electrons. The highest BCUT2D eigenvalue weighted by molar-refractivity contribution is 5.39. The Morgan fingerprint density at radius 1 is 1.16 bits per heavy atom. The zero-order chi connectivity index (χ0) is 13.2. The fourth-order valence-electron chi connectivity index (χ4n) is 1.82. The summed E-state index contributed by atoms with van der Waals surface area (Å²) in [6.07, 6.45) is 2.25. The van der Waals surface area contributed by atoms with Crippen molar-refractivity contribution < 1.29 is 9.47 Å². The normalized spacial score (nSPS) is 14.2. The second kappa shape index (κ2) is 4.76. The van der Waals surface area contributed by atoms with Gasteiger partial charge in [0.1, 0.15) is 23.1 Å². The standard InChI is InChI=1S/C14H15N3O2/c1-18-10-3-2-4-11(7-10)19-13-8-12(15)16-14(17-13)9-5-6-9/h2-4,7-9H,5-6H2,1H3,(H2,15,16,17). The molecule has 0 atom stereocenters. The lowest BCUT2D eigenvalue weighted by molar-refractivity contribution is 0.407. The van der Waals surface area contributed by atoms with E-state index in [1.54, 1.807) is 19.2 Å². The minimum absolute atomic E-state index is 0.440. The number of anilines is 1. The summed E-state index contributed by atoms with van der Waals surface area (Å²) in [6, 6.07) is 9.00. The highest BCUT2D eigenvalue weighted by Gasteiger charge is 2.27. The maximum Gasteiger partial charge on any atom is 0.224 e. The predicted octanol–water partition coefficient (Wildman–Crippen LogP) is 2.74. The van der Waals surface area contributed by atoms with Gasteiger partial charge < -0.3 is 15.2 Å². The number of nitrogens with zero attached hydrogens (tertiary/aromatic N) is 2. The van der Waals surface area contributed by atoms with Crippen molar-refractivity contribution in [2.24, 2.45) is 0 Å². The molecule has 2 N–H and O–H groups in total. The molecule has 0 saturated heterocycles. The molecule has 0 spiro atoms. The second-order valence-electron chi connectivity index (χ2n) is 4.54. The molecule has 1 aromatic carbocycles. The molecule has 5 heteroatoms. The van der Waals surface area contributed by atoms with Crippen LogP contribution in [0.1, 0.15) is 24.6 Å². The lowest BCUT2D eigenvalue weighted by atomic mass is 10.3. The largest absolute Gasteiger partial charge is 0.497 e. The monoisotopic (exact) mass is 257 g/mol. The molecule has 5 nitrogen and oxygen atoms in total. The molecule has 19 heavy (non-hydrogen) atoms. The fourth-order valence-corrected chi connectivity index (χ4v) is 1.82. The van der Waals surface area contributed by atoms with Gasteiger partial charge in [0.2, 0.25) is 5.88 Å². The van der Waals surface area contributed by atoms with Crippen LogP contribution in [0.5, 0.6) is 17.4 Å². The molecule has 1 aliphatic rings. The van der Waals surface area contributed by atoms with Crippen molar-refractivity contribution in [3.8, 4) is 17.4 Å². The van der Waals surface area contributed by atoms with Crippen LogP contribution < -0.4 is 15.2 Å². The molecular weight excluding hydrogens is 242 g/mol. The third-order valence-corrected chi connectivity index (χ3v) is 2.95. The van der Waals surface area contributed by atoms with E-state index >= 15 is 0 Å². The third-order valence-electron chi connectivity index (χ3n) is 2.95. The molecular formula is C14H15N3O2. The fraction of sp³-hybridized carbons (Fsp3) is 0.286. The molecule has 1 fully saturated rings. The SMILES string of the molecule is COc1cccc(Oc2cc(N)nc(C3CC3)n2)c1. The Bertz CT molecular complexity index is 597. The number of aromatic nitrogens is 2. The maximum atomic E-state index is 5.78. The van der Waals surface area contributed by atoms with Crippen molar-refractivity contribution in [1.29, 1.82) is 0 Å². The molecule has 0 bridgehead atoms. The van der Waals surface area contributed by atoms with Gasteiger partial charge in [-0.25, -0.2) is 4.98 Å². The van der Waals surface area contributed by atoms with E-state index in [9.17, 15) is 0 Å². The maximum absolute atomic E-state index is 5.78. The second-order valence-corrected chi connectivity index (χ2v) is 4.54. The van der Waals surface area contributed by atoms with Crippen LogP contribution in [0.25, 0.3) is 0 Å². The first-order valence-corrected chi connectivity index (χ1v) is 6.21. The topological polar surface area (TPSA) is 70.3 Å². The van der Waals surface area contributed by atoms with Crippen LogP contribution in [-0.4, -0.2) is 17.1 Å². The molecule has 1 aliphatic carbocycles. The Balaban J connectivity index is 1.85. The van der Waals surface area contributed by atoms with Gasteiger partial charge in [-0.05, 0) is 25.0 Å². The van der Waals surface area contributed by atoms with Crippen LogP contribution in [0.2, 0.25) is 0 Å². The van der Waals surface area contributed by atoms with Gasteiger partial charge >= 0.3 is 0 Å². The van der Waals surface area contributed by atoms with Crippen molar-refractivity contribution in [1.82, 2.24) is 9.97 Å². The van der Waals surface area contributed by atoms with Gasteiger partial charge in [-0.1, -0.05) is 6.07 Å². The number of hydrogen-bond donors (Lipinski definition) is 1. The number of nitrogens with two attached hydrogens (primary N) is 1. The smallest absolute Gasteiger partial charge is 0.224 e.